The number of carboxylic acids is 1. The van der Waals surface area contributed by atoms with Crippen LogP contribution < -0.4 is 0 Å². The number of carbonyl (C=O) groups is 1. The van der Waals surface area contributed by atoms with Crippen molar-refractivity contribution in [3.8, 4) is 0 Å². The molecule has 3 heteroatoms. The van der Waals surface area contributed by atoms with Crippen molar-refractivity contribution in [3.05, 3.63) is 65.5 Å². The van der Waals surface area contributed by atoms with Gasteiger partial charge in [-0.25, -0.2) is 4.79 Å². The number of aliphatic carboxylic acids is 1. The number of benzene rings is 1. The van der Waals surface area contributed by atoms with E-state index >= 15 is 0 Å². The molecule has 90 valence electrons. The van der Waals surface area contributed by atoms with E-state index in [1.807, 2.05) is 31.2 Å². The van der Waals surface area contributed by atoms with E-state index in [1.54, 1.807) is 30.5 Å². The number of hydrogen-bond acceptors (Lipinski definition) is 2. The fraction of sp³-hybridized carbons (Fsp3) is 0.0667. The van der Waals surface area contributed by atoms with Crippen molar-refractivity contribution in [1.29, 1.82) is 0 Å². The van der Waals surface area contributed by atoms with E-state index in [4.69, 9.17) is 0 Å². The maximum absolute atomic E-state index is 11.3. The molecular weight excluding hydrogens is 226 g/mol. The van der Waals surface area contributed by atoms with Crippen molar-refractivity contribution in [1.82, 2.24) is 4.98 Å². The standard InChI is InChI=1S/C15H13NO2/c1-11-5-7-12(8-6-11)10-13(15(17)18)14-4-2-3-9-16-14/h2-10H,1H3,(H,17,18)/b13-10+. The normalized spacial score (nSPS) is 11.3. The van der Waals surface area contributed by atoms with Gasteiger partial charge in [0.1, 0.15) is 0 Å². The van der Waals surface area contributed by atoms with Gasteiger partial charge in [-0.3, -0.25) is 4.98 Å². The maximum Gasteiger partial charge on any atom is 0.337 e. The molecule has 0 aliphatic heterocycles. The number of aryl methyl sites for hydroxylation is 1. The minimum absolute atomic E-state index is 0.194. The third-order valence-corrected chi connectivity index (χ3v) is 2.56. The Morgan fingerprint density at radius 3 is 2.44 bits per heavy atom. The van der Waals surface area contributed by atoms with Crippen molar-refractivity contribution >= 4 is 17.6 Å². The van der Waals surface area contributed by atoms with Crippen LogP contribution in [-0.2, 0) is 4.79 Å². The molecule has 0 aliphatic rings. The van der Waals surface area contributed by atoms with E-state index in [9.17, 15) is 9.90 Å². The summed E-state index contributed by atoms with van der Waals surface area (Å²) >= 11 is 0. The number of pyridine rings is 1. The van der Waals surface area contributed by atoms with Crippen LogP contribution >= 0.6 is 0 Å². The summed E-state index contributed by atoms with van der Waals surface area (Å²) in [7, 11) is 0. The molecule has 1 N–H and O–H groups in total. The number of carboxylic acid groups (broad SMARTS) is 1. The summed E-state index contributed by atoms with van der Waals surface area (Å²) in [6.07, 6.45) is 3.21. The molecule has 0 radical (unpaired) electrons. The molecule has 1 heterocycles. The lowest BCUT2D eigenvalue weighted by molar-refractivity contribution is -0.130. The lowest BCUT2D eigenvalue weighted by Crippen LogP contribution is -2.01. The van der Waals surface area contributed by atoms with Crippen LogP contribution in [0, 0.1) is 6.92 Å². The van der Waals surface area contributed by atoms with Crippen LogP contribution in [0.15, 0.2) is 48.7 Å². The zero-order valence-corrected chi connectivity index (χ0v) is 10.00. The van der Waals surface area contributed by atoms with Crippen molar-refractivity contribution in [2.45, 2.75) is 6.92 Å². The molecule has 2 aromatic rings. The molecule has 0 spiro atoms. The summed E-state index contributed by atoms with van der Waals surface area (Å²) < 4.78 is 0. The molecule has 1 aromatic heterocycles. The monoisotopic (exact) mass is 239 g/mol. The van der Waals surface area contributed by atoms with Gasteiger partial charge >= 0.3 is 5.97 Å². The second-order valence-electron chi connectivity index (χ2n) is 3.99. The van der Waals surface area contributed by atoms with E-state index in [2.05, 4.69) is 4.98 Å². The molecule has 0 fully saturated rings. The number of nitrogens with zero attached hydrogens (tertiary/aromatic N) is 1. The van der Waals surface area contributed by atoms with Crippen LogP contribution in [0.3, 0.4) is 0 Å². The molecule has 0 saturated carbocycles. The third-order valence-electron chi connectivity index (χ3n) is 2.56. The molecule has 0 amide bonds. The Hall–Kier alpha value is -2.42. The van der Waals surface area contributed by atoms with Crippen LogP contribution in [0.1, 0.15) is 16.8 Å². The average Bonchev–Trinajstić information content (AvgIpc) is 2.38. The molecule has 1 aromatic carbocycles. The Morgan fingerprint density at radius 1 is 1.17 bits per heavy atom. The Morgan fingerprint density at radius 2 is 1.89 bits per heavy atom. The first-order valence-corrected chi connectivity index (χ1v) is 5.60. The molecule has 18 heavy (non-hydrogen) atoms. The first-order chi connectivity index (χ1) is 8.66. The smallest absolute Gasteiger partial charge is 0.337 e. The zero-order chi connectivity index (χ0) is 13.0. The van der Waals surface area contributed by atoms with Gasteiger partial charge in [0.25, 0.3) is 0 Å². The lowest BCUT2D eigenvalue weighted by Gasteiger charge is -2.02. The topological polar surface area (TPSA) is 50.2 Å². The highest BCUT2D eigenvalue weighted by molar-refractivity contribution is 6.20. The summed E-state index contributed by atoms with van der Waals surface area (Å²) in [5, 5.41) is 9.23. The molecule has 0 saturated heterocycles. The predicted octanol–water partition coefficient (Wildman–Crippen LogP) is 3.02. The second-order valence-corrected chi connectivity index (χ2v) is 3.99. The van der Waals surface area contributed by atoms with Gasteiger partial charge in [-0.2, -0.15) is 0 Å². The van der Waals surface area contributed by atoms with Crippen molar-refractivity contribution in [3.63, 3.8) is 0 Å². The van der Waals surface area contributed by atoms with Crippen molar-refractivity contribution in [2.75, 3.05) is 0 Å². The van der Waals surface area contributed by atoms with Crippen LogP contribution in [0.5, 0.6) is 0 Å². The van der Waals surface area contributed by atoms with Gasteiger partial charge in [-0.05, 0) is 30.7 Å². The zero-order valence-electron chi connectivity index (χ0n) is 10.00. The van der Waals surface area contributed by atoms with Gasteiger partial charge in [0, 0.05) is 6.20 Å². The summed E-state index contributed by atoms with van der Waals surface area (Å²) in [6, 6.07) is 12.9. The number of rotatable bonds is 3. The largest absolute Gasteiger partial charge is 0.478 e. The highest BCUT2D eigenvalue weighted by Crippen LogP contribution is 2.16. The van der Waals surface area contributed by atoms with Gasteiger partial charge in [-0.15, -0.1) is 0 Å². The summed E-state index contributed by atoms with van der Waals surface area (Å²) in [6.45, 7) is 1.99. The van der Waals surface area contributed by atoms with Gasteiger partial charge in [-0.1, -0.05) is 35.9 Å². The molecular formula is C15H13NO2. The third kappa shape index (κ3) is 2.83. The average molecular weight is 239 g/mol. The molecule has 3 nitrogen and oxygen atoms in total. The summed E-state index contributed by atoms with van der Waals surface area (Å²) in [4.78, 5) is 15.3. The fourth-order valence-electron chi connectivity index (χ4n) is 1.60. The second kappa shape index (κ2) is 5.27. The predicted molar refractivity (Wildman–Crippen MR) is 70.9 cm³/mol. The molecule has 2 rings (SSSR count). The van der Waals surface area contributed by atoms with Gasteiger partial charge in [0.15, 0.2) is 0 Å². The van der Waals surface area contributed by atoms with Crippen molar-refractivity contribution in [2.24, 2.45) is 0 Å². The van der Waals surface area contributed by atoms with Crippen molar-refractivity contribution < 1.29 is 9.90 Å². The van der Waals surface area contributed by atoms with Gasteiger partial charge < -0.3 is 5.11 Å². The minimum Gasteiger partial charge on any atom is -0.478 e. The quantitative estimate of drug-likeness (QED) is 0.837. The van der Waals surface area contributed by atoms with E-state index in [0.717, 1.165) is 11.1 Å². The Labute approximate surface area is 105 Å². The van der Waals surface area contributed by atoms with Gasteiger partial charge in [0.05, 0.1) is 11.3 Å². The van der Waals surface area contributed by atoms with Crippen LogP contribution in [0.2, 0.25) is 0 Å². The highest BCUT2D eigenvalue weighted by Gasteiger charge is 2.11. The van der Waals surface area contributed by atoms with E-state index in [0.29, 0.717) is 5.69 Å². The summed E-state index contributed by atoms with van der Waals surface area (Å²) in [5.41, 5.74) is 2.65. The number of aromatic nitrogens is 1. The lowest BCUT2D eigenvalue weighted by atomic mass is 10.1. The first kappa shape index (κ1) is 12.0. The first-order valence-electron chi connectivity index (χ1n) is 5.60. The number of hydrogen-bond donors (Lipinski definition) is 1. The molecule has 0 unspecified atom stereocenters. The van der Waals surface area contributed by atoms with Gasteiger partial charge in [0.2, 0.25) is 0 Å². The molecule has 0 bridgehead atoms. The summed E-state index contributed by atoms with van der Waals surface area (Å²) in [5.74, 6) is -0.978. The molecule has 0 atom stereocenters. The van der Waals surface area contributed by atoms with E-state index < -0.39 is 5.97 Å². The fourth-order valence-corrected chi connectivity index (χ4v) is 1.60. The highest BCUT2D eigenvalue weighted by atomic mass is 16.4. The Kier molecular flexibility index (Phi) is 3.53. The Bertz CT molecular complexity index is 571. The molecule has 0 aliphatic carbocycles. The van der Waals surface area contributed by atoms with E-state index in [-0.39, 0.29) is 5.57 Å². The van der Waals surface area contributed by atoms with Crippen LogP contribution in [-0.4, -0.2) is 16.1 Å². The van der Waals surface area contributed by atoms with Crippen LogP contribution in [0.4, 0.5) is 0 Å². The van der Waals surface area contributed by atoms with Crippen LogP contribution in [0.25, 0.3) is 11.6 Å². The SMILES string of the molecule is Cc1ccc(/C=C(/C(=O)O)c2ccccn2)cc1. The minimum atomic E-state index is -0.978. The Balaban J connectivity index is 2.43. The van der Waals surface area contributed by atoms with E-state index in [1.165, 1.54) is 0 Å². The maximum atomic E-state index is 11.3.